The van der Waals surface area contributed by atoms with Crippen LogP contribution < -0.4 is 24.8 Å². The van der Waals surface area contributed by atoms with Crippen molar-refractivity contribution in [2.24, 2.45) is 0 Å². The van der Waals surface area contributed by atoms with Crippen LogP contribution in [0.3, 0.4) is 0 Å². The van der Waals surface area contributed by atoms with E-state index in [-0.39, 0.29) is 19.2 Å². The summed E-state index contributed by atoms with van der Waals surface area (Å²) >= 11 is 0. The molecule has 2 aromatic carbocycles. The molecule has 0 spiro atoms. The van der Waals surface area contributed by atoms with E-state index >= 15 is 0 Å². The molecule has 0 atom stereocenters. The van der Waals surface area contributed by atoms with Crippen LogP contribution in [0.25, 0.3) is 10.9 Å². The summed E-state index contributed by atoms with van der Waals surface area (Å²) < 4.78 is 47.8. The molecule has 0 aliphatic carbocycles. The number of nitrogens with zero attached hydrogens (tertiary/aromatic N) is 3. The molecule has 2 heterocycles. The van der Waals surface area contributed by atoms with E-state index in [2.05, 4.69) is 25.8 Å². The maximum absolute atomic E-state index is 13.3. The summed E-state index contributed by atoms with van der Waals surface area (Å²) in [6.07, 6.45) is 1.35. The average molecular weight is 487 g/mol. The molecule has 2 amide bonds. The SMILES string of the molecule is C.COc1cc2ncnc(Oc3cccc(NC(=O)Nc4cc(C(C)(F)F)no4)c3)c2cc1OC. The Labute approximate surface area is 199 Å². The number of aromatic nitrogens is 3. The third-order valence-electron chi connectivity index (χ3n) is 4.61. The third kappa shape index (κ3) is 5.72. The number of methoxy groups -OCH3 is 2. The lowest BCUT2D eigenvalue weighted by Gasteiger charge is -2.12. The minimum atomic E-state index is -3.19. The Bertz CT molecular complexity index is 1340. The lowest BCUT2D eigenvalue weighted by Crippen LogP contribution is -2.19. The molecule has 0 unspecified atom stereocenters. The normalized spacial score (nSPS) is 10.9. The molecule has 4 rings (SSSR count). The van der Waals surface area contributed by atoms with Crippen molar-refractivity contribution in [3.63, 3.8) is 0 Å². The fourth-order valence-electron chi connectivity index (χ4n) is 3.00. The van der Waals surface area contributed by atoms with Crippen molar-refractivity contribution >= 4 is 28.5 Å². The van der Waals surface area contributed by atoms with E-state index in [0.717, 1.165) is 6.07 Å². The van der Waals surface area contributed by atoms with Crippen LogP contribution in [0.2, 0.25) is 0 Å². The zero-order valence-electron chi connectivity index (χ0n) is 18.3. The quantitative estimate of drug-likeness (QED) is 0.335. The summed E-state index contributed by atoms with van der Waals surface area (Å²) in [6, 6.07) is 10.1. The number of benzene rings is 2. The first-order chi connectivity index (χ1) is 16.3. The highest BCUT2D eigenvalue weighted by Gasteiger charge is 2.29. The van der Waals surface area contributed by atoms with Crippen LogP contribution in [0.15, 0.2) is 53.3 Å². The van der Waals surface area contributed by atoms with Crippen molar-refractivity contribution in [3.05, 3.63) is 54.5 Å². The van der Waals surface area contributed by atoms with Crippen molar-refractivity contribution in [1.82, 2.24) is 15.1 Å². The second kappa shape index (κ2) is 10.2. The van der Waals surface area contributed by atoms with Crippen LogP contribution in [-0.4, -0.2) is 35.4 Å². The standard InChI is InChI=1S/C22H19F2N5O5.CH4/c1-22(23,24)18-10-19(34-29-18)28-21(30)27-12-5-4-6-13(7-12)33-20-14-8-16(31-2)17(32-3)9-15(14)25-11-26-20;/h4-11H,1-3H3,(H2,27,28,30);1H4. The second-order valence-electron chi connectivity index (χ2n) is 7.08. The number of amides is 2. The summed E-state index contributed by atoms with van der Waals surface area (Å²) in [4.78, 5) is 20.7. The number of alkyl halides is 2. The summed E-state index contributed by atoms with van der Waals surface area (Å²) in [5.74, 6) is -1.77. The summed E-state index contributed by atoms with van der Waals surface area (Å²) in [5.41, 5.74) is 0.359. The number of hydrogen-bond donors (Lipinski definition) is 2. The fourth-order valence-corrected chi connectivity index (χ4v) is 3.00. The molecule has 2 aromatic heterocycles. The van der Waals surface area contributed by atoms with Gasteiger partial charge in [-0.05, 0) is 18.2 Å². The van der Waals surface area contributed by atoms with Gasteiger partial charge in [0.05, 0.1) is 25.1 Å². The van der Waals surface area contributed by atoms with E-state index in [9.17, 15) is 13.6 Å². The molecule has 0 fully saturated rings. The number of anilines is 2. The highest BCUT2D eigenvalue weighted by Crippen LogP contribution is 2.36. The van der Waals surface area contributed by atoms with Gasteiger partial charge in [-0.25, -0.2) is 14.8 Å². The van der Waals surface area contributed by atoms with E-state index in [1.165, 1.54) is 20.5 Å². The molecule has 184 valence electrons. The monoisotopic (exact) mass is 487 g/mol. The molecular weight excluding hydrogens is 464 g/mol. The number of nitrogens with one attached hydrogen (secondary N) is 2. The maximum Gasteiger partial charge on any atom is 0.326 e. The highest BCUT2D eigenvalue weighted by atomic mass is 19.3. The topological polar surface area (TPSA) is 121 Å². The number of ether oxygens (including phenoxy) is 3. The maximum atomic E-state index is 13.3. The number of urea groups is 1. The first kappa shape index (κ1) is 25.1. The van der Waals surface area contributed by atoms with Crippen LogP contribution in [0, 0.1) is 0 Å². The number of halogens is 2. The van der Waals surface area contributed by atoms with Crippen LogP contribution >= 0.6 is 0 Å². The molecule has 0 aliphatic rings. The largest absolute Gasteiger partial charge is 0.493 e. The number of rotatable bonds is 7. The van der Waals surface area contributed by atoms with E-state index in [0.29, 0.717) is 40.8 Å². The van der Waals surface area contributed by atoms with Gasteiger partial charge in [-0.1, -0.05) is 18.6 Å². The lowest BCUT2D eigenvalue weighted by atomic mass is 10.2. The van der Waals surface area contributed by atoms with Crippen molar-refractivity contribution in [3.8, 4) is 23.1 Å². The summed E-state index contributed by atoms with van der Waals surface area (Å²) in [7, 11) is 3.04. The van der Waals surface area contributed by atoms with Gasteiger partial charge in [-0.2, -0.15) is 8.78 Å². The van der Waals surface area contributed by atoms with Gasteiger partial charge in [0, 0.05) is 30.8 Å². The Morgan fingerprint density at radius 2 is 1.77 bits per heavy atom. The lowest BCUT2D eigenvalue weighted by molar-refractivity contribution is 0.00974. The van der Waals surface area contributed by atoms with Crippen molar-refractivity contribution in [2.45, 2.75) is 20.3 Å². The average Bonchev–Trinajstić information content (AvgIpc) is 3.27. The second-order valence-corrected chi connectivity index (χ2v) is 7.08. The van der Waals surface area contributed by atoms with E-state index in [4.69, 9.17) is 18.7 Å². The predicted molar refractivity (Wildman–Crippen MR) is 125 cm³/mol. The van der Waals surface area contributed by atoms with Crippen LogP contribution in [0.5, 0.6) is 23.1 Å². The van der Waals surface area contributed by atoms with Gasteiger partial charge in [-0.3, -0.25) is 5.32 Å². The molecule has 0 bridgehead atoms. The summed E-state index contributed by atoms with van der Waals surface area (Å²) in [6.45, 7) is 0.674. The number of carbonyl (C=O) groups excluding carboxylic acids is 1. The van der Waals surface area contributed by atoms with Gasteiger partial charge in [0.1, 0.15) is 12.1 Å². The molecule has 35 heavy (non-hydrogen) atoms. The van der Waals surface area contributed by atoms with Crippen molar-refractivity contribution in [1.29, 1.82) is 0 Å². The smallest absolute Gasteiger partial charge is 0.326 e. The molecule has 0 saturated heterocycles. The third-order valence-corrected chi connectivity index (χ3v) is 4.61. The van der Waals surface area contributed by atoms with Crippen molar-refractivity contribution in [2.75, 3.05) is 24.9 Å². The molecule has 12 heteroatoms. The van der Waals surface area contributed by atoms with Gasteiger partial charge >= 0.3 is 6.03 Å². The van der Waals surface area contributed by atoms with Crippen LogP contribution in [-0.2, 0) is 5.92 Å². The number of carbonyl (C=O) groups is 1. The zero-order valence-corrected chi connectivity index (χ0v) is 18.3. The molecular formula is C23H23F2N5O5. The Balaban J connectivity index is 0.00000342. The van der Waals surface area contributed by atoms with Gasteiger partial charge in [-0.15, -0.1) is 0 Å². The predicted octanol–water partition coefficient (Wildman–Crippen LogP) is 5.82. The van der Waals surface area contributed by atoms with Crippen LogP contribution in [0.1, 0.15) is 20.0 Å². The molecule has 4 aromatic rings. The van der Waals surface area contributed by atoms with Gasteiger partial charge in [0.25, 0.3) is 5.92 Å². The number of hydrogen-bond acceptors (Lipinski definition) is 8. The molecule has 0 aliphatic heterocycles. The van der Waals surface area contributed by atoms with Crippen molar-refractivity contribution < 1.29 is 32.3 Å². The molecule has 0 saturated carbocycles. The Kier molecular flexibility index (Phi) is 7.33. The van der Waals surface area contributed by atoms with E-state index < -0.39 is 17.6 Å². The number of fused-ring (bicyclic) bond motifs is 1. The molecule has 0 radical (unpaired) electrons. The first-order valence-electron chi connectivity index (χ1n) is 9.84. The Morgan fingerprint density at radius 1 is 1.03 bits per heavy atom. The van der Waals surface area contributed by atoms with Crippen LogP contribution in [0.4, 0.5) is 25.1 Å². The van der Waals surface area contributed by atoms with E-state index in [1.54, 1.807) is 36.4 Å². The minimum Gasteiger partial charge on any atom is -0.493 e. The fraction of sp³-hybridized carbons (Fsp3) is 0.217. The molecule has 2 N–H and O–H groups in total. The zero-order chi connectivity index (χ0) is 24.3. The van der Waals surface area contributed by atoms with Gasteiger partial charge < -0.3 is 24.1 Å². The Morgan fingerprint density at radius 3 is 2.46 bits per heavy atom. The first-order valence-corrected chi connectivity index (χ1v) is 9.84. The summed E-state index contributed by atoms with van der Waals surface area (Å²) in [5, 5.41) is 8.69. The van der Waals surface area contributed by atoms with E-state index in [1.807, 2.05) is 0 Å². The minimum absolute atomic E-state index is 0. The highest BCUT2D eigenvalue weighted by molar-refractivity contribution is 5.99. The molecule has 10 nitrogen and oxygen atoms in total. The Hall–Kier alpha value is -4.48. The van der Waals surface area contributed by atoms with Gasteiger partial charge in [0.15, 0.2) is 17.2 Å². The van der Waals surface area contributed by atoms with Gasteiger partial charge in [0.2, 0.25) is 11.8 Å².